The number of hydrogen-bond donors (Lipinski definition) is 5. The second kappa shape index (κ2) is 8.96. The fourth-order valence-corrected chi connectivity index (χ4v) is 3.57. The SMILES string of the molecule is Cl.N[C@@H](Cc1ccc(O)cc1)C(=O)N[C@@]1(C(=O)O)C[C@H](O)[C@H]2C[C@H]21.O=C=O. The van der Waals surface area contributed by atoms with E-state index in [2.05, 4.69) is 5.32 Å². The number of phenolic OH excluding ortho intramolecular Hbond substituents is 1. The largest absolute Gasteiger partial charge is 0.508 e. The lowest BCUT2D eigenvalue weighted by atomic mass is 9.91. The Morgan fingerprint density at radius 1 is 1.30 bits per heavy atom. The predicted octanol–water partition coefficient (Wildman–Crippen LogP) is -0.559. The number of aliphatic hydroxyl groups excluding tert-OH is 1. The van der Waals surface area contributed by atoms with Gasteiger partial charge in [-0.3, -0.25) is 4.79 Å². The zero-order valence-corrected chi connectivity index (χ0v) is 15.0. The Labute approximate surface area is 161 Å². The van der Waals surface area contributed by atoms with E-state index in [9.17, 15) is 24.9 Å². The number of hydrogen-bond acceptors (Lipinski definition) is 7. The molecule has 148 valence electrons. The molecule has 0 saturated heterocycles. The Kier molecular flexibility index (Phi) is 7.50. The van der Waals surface area contributed by atoms with Gasteiger partial charge in [0.1, 0.15) is 11.3 Å². The van der Waals surface area contributed by atoms with Gasteiger partial charge < -0.3 is 26.4 Å². The molecule has 6 N–H and O–H groups in total. The van der Waals surface area contributed by atoms with Crippen LogP contribution >= 0.6 is 12.4 Å². The van der Waals surface area contributed by atoms with Crippen molar-refractivity contribution in [2.24, 2.45) is 17.6 Å². The van der Waals surface area contributed by atoms with E-state index in [1.54, 1.807) is 12.1 Å². The number of nitrogens with one attached hydrogen (secondary N) is 1. The number of aliphatic carboxylic acids is 1. The maximum atomic E-state index is 12.3. The van der Waals surface area contributed by atoms with Crippen LogP contribution in [0.2, 0.25) is 0 Å². The normalized spacial score (nSPS) is 28.3. The zero-order chi connectivity index (χ0) is 19.5. The van der Waals surface area contributed by atoms with E-state index < -0.39 is 29.6 Å². The number of aliphatic hydroxyl groups is 1. The van der Waals surface area contributed by atoms with Crippen molar-refractivity contribution in [3.05, 3.63) is 29.8 Å². The number of carboxylic acid groups (broad SMARTS) is 1. The summed E-state index contributed by atoms with van der Waals surface area (Å²) in [6.45, 7) is 0. The van der Waals surface area contributed by atoms with Gasteiger partial charge in [0.15, 0.2) is 0 Å². The van der Waals surface area contributed by atoms with Crippen molar-refractivity contribution in [2.45, 2.75) is 36.9 Å². The van der Waals surface area contributed by atoms with Crippen molar-refractivity contribution in [2.75, 3.05) is 0 Å². The number of carbonyl (C=O) groups is 2. The first-order valence-electron chi connectivity index (χ1n) is 8.01. The number of fused-ring (bicyclic) bond motifs is 1. The first-order valence-corrected chi connectivity index (χ1v) is 8.01. The van der Waals surface area contributed by atoms with E-state index in [0.29, 0.717) is 6.42 Å². The smallest absolute Gasteiger partial charge is 0.373 e. The maximum Gasteiger partial charge on any atom is 0.373 e. The van der Waals surface area contributed by atoms with Gasteiger partial charge in [-0.25, -0.2) is 4.79 Å². The van der Waals surface area contributed by atoms with Crippen molar-refractivity contribution in [3.8, 4) is 5.75 Å². The highest BCUT2D eigenvalue weighted by Crippen LogP contribution is 2.57. The van der Waals surface area contributed by atoms with E-state index in [4.69, 9.17) is 15.3 Å². The molecule has 0 unspecified atom stereocenters. The van der Waals surface area contributed by atoms with Crippen molar-refractivity contribution < 1.29 is 34.5 Å². The van der Waals surface area contributed by atoms with Crippen LogP contribution in [0.15, 0.2) is 24.3 Å². The molecule has 3 rings (SSSR count). The highest BCUT2D eigenvalue weighted by Gasteiger charge is 2.67. The van der Waals surface area contributed by atoms with Crippen molar-refractivity contribution in [3.63, 3.8) is 0 Å². The van der Waals surface area contributed by atoms with Crippen LogP contribution in [0.3, 0.4) is 0 Å². The van der Waals surface area contributed by atoms with E-state index in [0.717, 1.165) is 5.56 Å². The lowest BCUT2D eigenvalue weighted by Gasteiger charge is -2.29. The Bertz CT molecular complexity index is 720. The third-order valence-corrected chi connectivity index (χ3v) is 4.95. The minimum atomic E-state index is -1.41. The van der Waals surface area contributed by atoms with E-state index >= 15 is 0 Å². The van der Waals surface area contributed by atoms with Crippen LogP contribution in [-0.2, 0) is 25.6 Å². The van der Waals surface area contributed by atoms with Gasteiger partial charge in [0.2, 0.25) is 5.91 Å². The molecular formula is C17H21ClN2O7. The number of rotatable bonds is 5. The Hall–Kier alpha value is -2.45. The molecule has 5 atom stereocenters. The second-order valence-corrected chi connectivity index (χ2v) is 6.60. The molecule has 0 heterocycles. The number of nitrogens with two attached hydrogens (primary N) is 1. The topological polar surface area (TPSA) is 167 Å². The molecule has 10 heteroatoms. The van der Waals surface area contributed by atoms with Crippen LogP contribution in [0.4, 0.5) is 0 Å². The van der Waals surface area contributed by atoms with Crippen LogP contribution in [0, 0.1) is 11.8 Å². The second-order valence-electron chi connectivity index (χ2n) is 6.60. The summed E-state index contributed by atoms with van der Waals surface area (Å²) in [5, 5.41) is 31.2. The van der Waals surface area contributed by atoms with E-state index in [1.807, 2.05) is 0 Å². The number of aromatic hydroxyl groups is 1. The van der Waals surface area contributed by atoms with Crippen molar-refractivity contribution in [1.29, 1.82) is 0 Å². The molecule has 2 saturated carbocycles. The minimum Gasteiger partial charge on any atom is -0.508 e. The average molecular weight is 401 g/mol. The van der Waals surface area contributed by atoms with Gasteiger partial charge in [0.05, 0.1) is 12.1 Å². The third-order valence-electron chi connectivity index (χ3n) is 4.95. The van der Waals surface area contributed by atoms with Gasteiger partial charge in [-0.1, -0.05) is 12.1 Å². The van der Waals surface area contributed by atoms with Gasteiger partial charge in [-0.2, -0.15) is 9.59 Å². The average Bonchev–Trinajstić information content (AvgIpc) is 3.33. The van der Waals surface area contributed by atoms with Crippen LogP contribution in [0.25, 0.3) is 0 Å². The third kappa shape index (κ3) is 4.84. The van der Waals surface area contributed by atoms with E-state index in [1.165, 1.54) is 12.1 Å². The van der Waals surface area contributed by atoms with Crippen LogP contribution in [0.1, 0.15) is 18.4 Å². The molecule has 1 aromatic carbocycles. The van der Waals surface area contributed by atoms with Crippen molar-refractivity contribution in [1.82, 2.24) is 5.32 Å². The number of phenols is 1. The molecule has 9 nitrogen and oxygen atoms in total. The summed E-state index contributed by atoms with van der Waals surface area (Å²) in [4.78, 5) is 40.2. The summed E-state index contributed by atoms with van der Waals surface area (Å²) < 4.78 is 0. The fourth-order valence-electron chi connectivity index (χ4n) is 3.57. The molecule has 0 spiro atoms. The molecule has 0 aliphatic heterocycles. The first-order chi connectivity index (χ1) is 12.2. The molecule has 2 aliphatic rings. The molecule has 1 amide bonds. The van der Waals surface area contributed by atoms with Crippen molar-refractivity contribution >= 4 is 30.4 Å². The summed E-state index contributed by atoms with van der Waals surface area (Å²) in [7, 11) is 0. The molecule has 1 aromatic rings. The highest BCUT2D eigenvalue weighted by atomic mass is 35.5. The lowest BCUT2D eigenvalue weighted by Crippen LogP contribution is -2.59. The lowest BCUT2D eigenvalue weighted by molar-refractivity contribution is -0.191. The van der Waals surface area contributed by atoms with Gasteiger partial charge in [-0.15, -0.1) is 12.4 Å². The molecule has 27 heavy (non-hydrogen) atoms. The molecular weight excluding hydrogens is 380 g/mol. The number of benzene rings is 1. The van der Waals surface area contributed by atoms with Crippen LogP contribution < -0.4 is 11.1 Å². The summed E-state index contributed by atoms with van der Waals surface area (Å²) in [6.07, 6.45) is 0.430. The molecule has 0 bridgehead atoms. The Morgan fingerprint density at radius 3 is 2.26 bits per heavy atom. The van der Waals surface area contributed by atoms with Gasteiger partial charge in [0, 0.05) is 6.42 Å². The Morgan fingerprint density at radius 2 is 1.85 bits per heavy atom. The highest BCUT2D eigenvalue weighted by molar-refractivity contribution is 5.90. The standard InChI is InChI=1S/C16H20N2O5.CO2.ClH/c17-12(5-8-1-3-9(19)4-2-8)14(21)18-16(15(22)23)7-13(20)10-6-11(10)16;2-1-3;/h1-4,10-13,19-20H,5-7,17H2,(H,18,21)(H,22,23);;1H/t10-,11+,12-,13-,16-;;/m0../s1. The van der Waals surface area contributed by atoms with Crippen LogP contribution in [-0.4, -0.2) is 51.0 Å². The maximum absolute atomic E-state index is 12.3. The summed E-state index contributed by atoms with van der Waals surface area (Å²) >= 11 is 0. The Balaban J connectivity index is 0.000000855. The summed E-state index contributed by atoms with van der Waals surface area (Å²) in [6, 6.07) is 5.42. The molecule has 2 fully saturated rings. The zero-order valence-electron chi connectivity index (χ0n) is 14.2. The predicted molar refractivity (Wildman–Crippen MR) is 92.8 cm³/mol. The first kappa shape index (κ1) is 22.6. The molecule has 0 aromatic heterocycles. The summed E-state index contributed by atoms with van der Waals surface area (Å²) in [5.74, 6) is -1.80. The fraction of sp³-hybridized carbons (Fsp3) is 0.471. The summed E-state index contributed by atoms with van der Waals surface area (Å²) in [5.41, 5.74) is 5.25. The number of amides is 1. The monoisotopic (exact) mass is 400 g/mol. The number of carboxylic acids is 1. The van der Waals surface area contributed by atoms with Gasteiger partial charge in [0.25, 0.3) is 0 Å². The number of halogens is 1. The molecule has 2 aliphatic carbocycles. The van der Waals surface area contributed by atoms with Gasteiger partial charge in [-0.05, 0) is 42.4 Å². The quantitative estimate of drug-likeness (QED) is 0.438. The minimum absolute atomic E-state index is 0. The molecule has 0 radical (unpaired) electrons. The van der Waals surface area contributed by atoms with E-state index in [-0.39, 0.29) is 49.0 Å². The van der Waals surface area contributed by atoms with Gasteiger partial charge >= 0.3 is 12.1 Å². The van der Waals surface area contributed by atoms with Crippen LogP contribution in [0.5, 0.6) is 5.75 Å². The number of carbonyl (C=O) groups excluding carboxylic acids is 3.